The fraction of sp³-hybridized carbons (Fsp3) is 0.267. The van der Waals surface area contributed by atoms with Crippen molar-refractivity contribution in [1.82, 2.24) is 9.97 Å². The van der Waals surface area contributed by atoms with Gasteiger partial charge in [0.05, 0.1) is 18.4 Å². The number of nitrogens with zero attached hydrogens (tertiary/aromatic N) is 4. The van der Waals surface area contributed by atoms with E-state index in [4.69, 9.17) is 25.0 Å². The summed E-state index contributed by atoms with van der Waals surface area (Å²) in [6.07, 6.45) is 1.40. The number of hydrogen-bond acceptors (Lipinski definition) is 9. The number of ether oxygens (including phenoxy) is 1. The van der Waals surface area contributed by atoms with Gasteiger partial charge in [-0.3, -0.25) is 0 Å². The van der Waals surface area contributed by atoms with Crippen molar-refractivity contribution in [1.29, 1.82) is 10.5 Å². The van der Waals surface area contributed by atoms with Crippen LogP contribution < -0.4 is 10.5 Å². The highest BCUT2D eigenvalue weighted by Gasteiger charge is 2.22. The number of oxazole rings is 1. The van der Waals surface area contributed by atoms with Gasteiger partial charge in [0, 0.05) is 23.5 Å². The van der Waals surface area contributed by atoms with E-state index in [1.165, 1.54) is 11.8 Å². The third-order valence-corrected chi connectivity index (χ3v) is 7.48. The SMILES string of the molecule is COc1cc(C)c(-c2nc(CSc3nc(N)c(C#N)c(-c4ccc(CCCO)cc4)c3C#N)c(C)o2)cc1C. The van der Waals surface area contributed by atoms with Crippen LogP contribution in [0.1, 0.15) is 45.7 Å². The van der Waals surface area contributed by atoms with Gasteiger partial charge in [-0.05, 0) is 68.0 Å². The van der Waals surface area contributed by atoms with E-state index >= 15 is 0 Å². The van der Waals surface area contributed by atoms with Crippen molar-refractivity contribution >= 4 is 17.6 Å². The summed E-state index contributed by atoms with van der Waals surface area (Å²) in [5, 5.41) is 29.5. The van der Waals surface area contributed by atoms with Gasteiger partial charge < -0.3 is 20.0 Å². The highest BCUT2D eigenvalue weighted by atomic mass is 32.2. The summed E-state index contributed by atoms with van der Waals surface area (Å²) < 4.78 is 11.4. The number of benzene rings is 2. The Kier molecular flexibility index (Phi) is 8.55. The van der Waals surface area contributed by atoms with E-state index in [2.05, 4.69) is 17.1 Å². The first-order chi connectivity index (χ1) is 18.8. The van der Waals surface area contributed by atoms with Gasteiger partial charge in [-0.1, -0.05) is 36.0 Å². The number of nitrogens with two attached hydrogens (primary N) is 1. The Balaban J connectivity index is 1.67. The topological polar surface area (TPSA) is 142 Å². The summed E-state index contributed by atoms with van der Waals surface area (Å²) in [5.74, 6) is 2.46. The zero-order valence-corrected chi connectivity index (χ0v) is 23.1. The van der Waals surface area contributed by atoms with E-state index in [9.17, 15) is 10.5 Å². The molecular weight excluding hydrogens is 510 g/mol. The van der Waals surface area contributed by atoms with Crippen LogP contribution in [0.4, 0.5) is 5.82 Å². The van der Waals surface area contributed by atoms with Crippen molar-refractivity contribution < 1.29 is 14.3 Å². The van der Waals surface area contributed by atoms with Crippen molar-refractivity contribution in [3.8, 4) is 40.5 Å². The Morgan fingerprint density at radius 3 is 2.38 bits per heavy atom. The van der Waals surface area contributed by atoms with E-state index in [-0.39, 0.29) is 23.6 Å². The Labute approximate surface area is 232 Å². The van der Waals surface area contributed by atoms with Crippen LogP contribution in [0.25, 0.3) is 22.6 Å². The smallest absolute Gasteiger partial charge is 0.226 e. The van der Waals surface area contributed by atoms with Gasteiger partial charge in [-0.2, -0.15) is 10.5 Å². The number of thioether (sulfide) groups is 1. The lowest BCUT2D eigenvalue weighted by Gasteiger charge is -2.13. The average Bonchev–Trinajstić information content (AvgIpc) is 3.31. The molecule has 0 atom stereocenters. The number of aliphatic hydroxyl groups is 1. The van der Waals surface area contributed by atoms with Crippen LogP contribution in [-0.2, 0) is 12.2 Å². The van der Waals surface area contributed by atoms with Gasteiger partial charge in [-0.25, -0.2) is 9.97 Å². The van der Waals surface area contributed by atoms with Crippen LogP contribution in [0, 0.1) is 43.4 Å². The summed E-state index contributed by atoms with van der Waals surface area (Å²) in [6, 6.07) is 15.9. The Morgan fingerprint density at radius 2 is 1.74 bits per heavy atom. The number of nitrogen functional groups attached to an aromatic ring is 1. The molecule has 0 aliphatic heterocycles. The van der Waals surface area contributed by atoms with Crippen LogP contribution in [0.2, 0.25) is 0 Å². The van der Waals surface area contributed by atoms with Crippen molar-refractivity contribution in [2.75, 3.05) is 19.5 Å². The number of methoxy groups -OCH3 is 1. The first-order valence-electron chi connectivity index (χ1n) is 12.4. The van der Waals surface area contributed by atoms with Crippen LogP contribution in [0.5, 0.6) is 5.75 Å². The molecule has 0 spiro atoms. The van der Waals surface area contributed by atoms with Crippen LogP contribution in [0.3, 0.4) is 0 Å². The third kappa shape index (κ3) is 5.75. The average molecular weight is 540 g/mol. The molecule has 8 nitrogen and oxygen atoms in total. The van der Waals surface area contributed by atoms with E-state index in [1.807, 2.05) is 57.2 Å². The molecule has 0 radical (unpaired) electrons. The highest BCUT2D eigenvalue weighted by molar-refractivity contribution is 7.98. The van der Waals surface area contributed by atoms with Crippen LogP contribution in [-0.4, -0.2) is 28.8 Å². The molecule has 0 bridgehead atoms. The zero-order chi connectivity index (χ0) is 28.1. The predicted molar refractivity (Wildman–Crippen MR) is 151 cm³/mol. The summed E-state index contributed by atoms with van der Waals surface area (Å²) in [6.45, 7) is 5.92. The van der Waals surface area contributed by atoms with Crippen molar-refractivity contribution in [2.24, 2.45) is 0 Å². The van der Waals surface area contributed by atoms with Gasteiger partial charge in [-0.15, -0.1) is 0 Å². The summed E-state index contributed by atoms with van der Waals surface area (Å²) in [5.41, 5.74) is 12.5. The molecule has 0 aliphatic carbocycles. The zero-order valence-electron chi connectivity index (χ0n) is 22.3. The third-order valence-electron chi connectivity index (χ3n) is 6.49. The van der Waals surface area contributed by atoms with E-state index < -0.39 is 0 Å². The molecular formula is C30H29N5O3S. The van der Waals surface area contributed by atoms with E-state index in [0.29, 0.717) is 40.0 Å². The lowest BCUT2D eigenvalue weighted by atomic mass is 9.95. The Bertz CT molecular complexity index is 1600. The lowest BCUT2D eigenvalue weighted by molar-refractivity contribution is 0.288. The monoisotopic (exact) mass is 539 g/mol. The van der Waals surface area contributed by atoms with Crippen LogP contribution in [0.15, 0.2) is 45.8 Å². The second-order valence-electron chi connectivity index (χ2n) is 9.12. The number of aliphatic hydroxyl groups excluding tert-OH is 1. The number of rotatable bonds is 9. The first-order valence-corrected chi connectivity index (χ1v) is 13.4. The molecule has 0 saturated heterocycles. The number of pyridine rings is 1. The van der Waals surface area contributed by atoms with Crippen LogP contribution >= 0.6 is 11.8 Å². The molecule has 0 aliphatic rings. The molecule has 9 heteroatoms. The fourth-order valence-electron chi connectivity index (χ4n) is 4.37. The summed E-state index contributed by atoms with van der Waals surface area (Å²) >= 11 is 1.32. The van der Waals surface area contributed by atoms with E-state index in [1.54, 1.807) is 7.11 Å². The van der Waals surface area contributed by atoms with Gasteiger partial charge >= 0.3 is 0 Å². The minimum atomic E-state index is 0.0697. The maximum absolute atomic E-state index is 10.1. The second kappa shape index (κ2) is 12.0. The largest absolute Gasteiger partial charge is 0.496 e. The maximum Gasteiger partial charge on any atom is 0.226 e. The molecule has 3 N–H and O–H groups in total. The number of aryl methyl sites for hydroxylation is 4. The first kappa shape index (κ1) is 27.7. The number of hydrogen-bond donors (Lipinski definition) is 2. The number of nitriles is 2. The molecule has 4 aromatic rings. The molecule has 198 valence electrons. The minimum Gasteiger partial charge on any atom is -0.496 e. The fourth-order valence-corrected chi connectivity index (χ4v) is 5.36. The Morgan fingerprint density at radius 1 is 1.03 bits per heavy atom. The normalized spacial score (nSPS) is 10.7. The highest BCUT2D eigenvalue weighted by Crippen LogP contribution is 2.38. The molecule has 0 fully saturated rings. The molecule has 2 heterocycles. The van der Waals surface area contributed by atoms with Gasteiger partial charge in [0.1, 0.15) is 40.1 Å². The standard InChI is InChI=1S/C30H29N5O3S/c1-17-13-26(37-4)18(2)12-22(17)29-34-25(19(3)38-29)16-39-30-24(15-32)27(23(14-31)28(33)35-30)21-9-7-20(8-10-21)6-5-11-36/h7-10,12-13,36H,5-6,11,16H2,1-4H3,(H2,33,35). The molecule has 0 amide bonds. The van der Waals surface area contributed by atoms with Gasteiger partial charge in [0.25, 0.3) is 0 Å². The van der Waals surface area contributed by atoms with E-state index in [0.717, 1.165) is 40.1 Å². The summed E-state index contributed by atoms with van der Waals surface area (Å²) in [4.78, 5) is 9.15. The maximum atomic E-state index is 10.1. The Hall–Kier alpha value is -4.31. The van der Waals surface area contributed by atoms with Crippen molar-refractivity contribution in [2.45, 2.75) is 44.4 Å². The lowest BCUT2D eigenvalue weighted by Crippen LogP contribution is -2.03. The second-order valence-corrected chi connectivity index (χ2v) is 10.1. The summed E-state index contributed by atoms with van der Waals surface area (Å²) in [7, 11) is 1.64. The molecule has 0 saturated carbocycles. The molecule has 4 rings (SSSR count). The predicted octanol–water partition coefficient (Wildman–Crippen LogP) is 5.88. The quantitative estimate of drug-likeness (QED) is 0.249. The number of anilines is 1. The molecule has 39 heavy (non-hydrogen) atoms. The van der Waals surface area contributed by atoms with Crippen molar-refractivity contribution in [3.05, 3.63) is 75.7 Å². The number of aromatic nitrogens is 2. The molecule has 0 unspecified atom stereocenters. The molecule has 2 aromatic heterocycles. The van der Waals surface area contributed by atoms with Gasteiger partial charge in [0.15, 0.2) is 0 Å². The van der Waals surface area contributed by atoms with Crippen molar-refractivity contribution in [3.63, 3.8) is 0 Å². The molecule has 2 aromatic carbocycles. The van der Waals surface area contributed by atoms with Gasteiger partial charge in [0.2, 0.25) is 5.89 Å². The minimum absolute atomic E-state index is 0.0697.